The first-order valence-corrected chi connectivity index (χ1v) is 16.8. The van der Waals surface area contributed by atoms with Crippen LogP contribution in [0.1, 0.15) is 34.1 Å². The second-order valence-corrected chi connectivity index (χ2v) is 13.1. The fraction of sp³-hybridized carbons (Fsp3) is 0.135. The number of phenols is 1. The van der Waals surface area contributed by atoms with Gasteiger partial charge in [0.25, 0.3) is 11.8 Å². The molecular formula is C37H34N4O5S2. The molecule has 0 aliphatic carbocycles. The van der Waals surface area contributed by atoms with E-state index < -0.39 is 17.1 Å². The predicted octanol–water partition coefficient (Wildman–Crippen LogP) is 7.75. The smallest absolute Gasteiger partial charge is 0.272 e. The van der Waals surface area contributed by atoms with E-state index in [0.717, 1.165) is 21.0 Å². The number of rotatable bonds is 12. The van der Waals surface area contributed by atoms with Crippen molar-refractivity contribution in [1.82, 2.24) is 10.3 Å². The molecule has 3 amide bonds. The molecule has 244 valence electrons. The summed E-state index contributed by atoms with van der Waals surface area (Å²) >= 11 is 2.81. The number of aromatic nitrogens is 1. The molecule has 0 fully saturated rings. The molecule has 5 aromatic rings. The predicted molar refractivity (Wildman–Crippen MR) is 192 cm³/mol. The van der Waals surface area contributed by atoms with E-state index in [2.05, 4.69) is 20.9 Å². The number of anilines is 2. The fourth-order valence-electron chi connectivity index (χ4n) is 4.75. The Balaban J connectivity index is 1.31. The van der Waals surface area contributed by atoms with Crippen molar-refractivity contribution in [2.75, 3.05) is 17.7 Å². The van der Waals surface area contributed by atoms with Gasteiger partial charge >= 0.3 is 0 Å². The maximum Gasteiger partial charge on any atom is 0.272 e. The first-order chi connectivity index (χ1) is 23.2. The van der Waals surface area contributed by atoms with Gasteiger partial charge in [0.2, 0.25) is 5.91 Å². The summed E-state index contributed by atoms with van der Waals surface area (Å²) in [6.07, 6.45) is 2.05. The van der Waals surface area contributed by atoms with E-state index in [1.165, 1.54) is 48.4 Å². The molecule has 4 N–H and O–H groups in total. The molecule has 1 heterocycles. The van der Waals surface area contributed by atoms with Gasteiger partial charge < -0.3 is 25.8 Å². The van der Waals surface area contributed by atoms with E-state index in [1.54, 1.807) is 54.6 Å². The van der Waals surface area contributed by atoms with Crippen molar-refractivity contribution in [3.8, 4) is 22.8 Å². The molecule has 0 aliphatic heterocycles. The van der Waals surface area contributed by atoms with Crippen LogP contribution in [0.15, 0.2) is 114 Å². The van der Waals surface area contributed by atoms with Crippen LogP contribution in [-0.2, 0) is 9.59 Å². The molecule has 4 aromatic carbocycles. The zero-order valence-corrected chi connectivity index (χ0v) is 28.2. The molecule has 1 atom stereocenters. The van der Waals surface area contributed by atoms with Crippen LogP contribution in [0.4, 0.5) is 10.8 Å². The summed E-state index contributed by atoms with van der Waals surface area (Å²) in [5.41, 5.74) is 3.12. The maximum absolute atomic E-state index is 13.6. The molecule has 0 saturated heterocycles. The van der Waals surface area contributed by atoms with Gasteiger partial charge in [0.15, 0.2) is 5.13 Å². The normalized spacial score (nSPS) is 11.8. The number of hydrogen-bond donors (Lipinski definition) is 4. The van der Waals surface area contributed by atoms with Crippen molar-refractivity contribution in [2.24, 2.45) is 0 Å². The SMILES string of the molecule is CCC(Sc1cccc(NC(=O)/C(=C\c2ccc(O)cc2OC)NC(=O)c2ccccc2)c1)C(=O)Nc1nc(-c2ccccc2)c(C)s1. The number of aryl methyl sites for hydroxylation is 1. The minimum Gasteiger partial charge on any atom is -0.508 e. The third-order valence-corrected chi connectivity index (χ3v) is 9.40. The summed E-state index contributed by atoms with van der Waals surface area (Å²) in [7, 11) is 1.45. The summed E-state index contributed by atoms with van der Waals surface area (Å²) < 4.78 is 5.37. The molecule has 9 nitrogen and oxygen atoms in total. The number of ether oxygens (including phenoxy) is 1. The van der Waals surface area contributed by atoms with Crippen LogP contribution in [0, 0.1) is 6.92 Å². The molecule has 0 spiro atoms. The van der Waals surface area contributed by atoms with Gasteiger partial charge in [0.1, 0.15) is 17.2 Å². The highest BCUT2D eigenvalue weighted by Crippen LogP contribution is 2.33. The summed E-state index contributed by atoms with van der Waals surface area (Å²) in [4.78, 5) is 46.4. The van der Waals surface area contributed by atoms with Crippen LogP contribution < -0.4 is 20.7 Å². The Morgan fingerprint density at radius 3 is 2.38 bits per heavy atom. The molecule has 0 saturated carbocycles. The number of carbonyl (C=O) groups is 3. The van der Waals surface area contributed by atoms with Gasteiger partial charge in [-0.2, -0.15) is 0 Å². The Bertz CT molecular complexity index is 1940. The quantitative estimate of drug-likeness (QED) is 0.0784. The number of nitrogens with zero attached hydrogens (tertiary/aromatic N) is 1. The number of hydrogen-bond acceptors (Lipinski definition) is 8. The lowest BCUT2D eigenvalue weighted by Gasteiger charge is -2.15. The highest BCUT2D eigenvalue weighted by molar-refractivity contribution is 8.00. The Kier molecular flexibility index (Phi) is 11.3. The van der Waals surface area contributed by atoms with Gasteiger partial charge in [-0.1, -0.05) is 61.5 Å². The van der Waals surface area contributed by atoms with E-state index in [4.69, 9.17) is 4.74 Å². The van der Waals surface area contributed by atoms with E-state index >= 15 is 0 Å². The number of benzene rings is 4. The van der Waals surface area contributed by atoms with E-state index in [-0.39, 0.29) is 17.4 Å². The van der Waals surface area contributed by atoms with Crippen LogP contribution in [0.5, 0.6) is 11.5 Å². The van der Waals surface area contributed by atoms with Crippen molar-refractivity contribution in [3.05, 3.63) is 125 Å². The highest BCUT2D eigenvalue weighted by Gasteiger charge is 2.21. The Morgan fingerprint density at radius 1 is 0.938 bits per heavy atom. The van der Waals surface area contributed by atoms with Crippen LogP contribution >= 0.6 is 23.1 Å². The largest absolute Gasteiger partial charge is 0.508 e. The number of thiazole rings is 1. The lowest BCUT2D eigenvalue weighted by Crippen LogP contribution is -2.30. The van der Waals surface area contributed by atoms with Crippen molar-refractivity contribution >= 4 is 57.7 Å². The monoisotopic (exact) mass is 678 g/mol. The average Bonchev–Trinajstić information content (AvgIpc) is 3.47. The van der Waals surface area contributed by atoms with Gasteiger partial charge in [0, 0.05) is 38.2 Å². The van der Waals surface area contributed by atoms with Gasteiger partial charge in [-0.3, -0.25) is 14.4 Å². The van der Waals surface area contributed by atoms with Crippen molar-refractivity contribution in [2.45, 2.75) is 30.4 Å². The molecule has 1 aromatic heterocycles. The molecule has 48 heavy (non-hydrogen) atoms. The highest BCUT2D eigenvalue weighted by atomic mass is 32.2. The first kappa shape index (κ1) is 34.0. The number of thioether (sulfide) groups is 1. The molecule has 5 rings (SSSR count). The third-order valence-electron chi connectivity index (χ3n) is 7.15. The molecule has 11 heteroatoms. The summed E-state index contributed by atoms with van der Waals surface area (Å²) in [6.45, 7) is 3.92. The van der Waals surface area contributed by atoms with Gasteiger partial charge in [0.05, 0.1) is 18.1 Å². The Labute approximate surface area is 287 Å². The second kappa shape index (κ2) is 15.9. The number of aromatic hydroxyl groups is 1. The molecule has 0 bridgehead atoms. The van der Waals surface area contributed by atoms with Crippen LogP contribution in [0.25, 0.3) is 17.3 Å². The topological polar surface area (TPSA) is 130 Å². The number of methoxy groups -OCH3 is 1. The number of carbonyl (C=O) groups excluding carboxylic acids is 3. The van der Waals surface area contributed by atoms with E-state index in [1.807, 2.05) is 50.2 Å². The first-order valence-electron chi connectivity index (χ1n) is 15.1. The van der Waals surface area contributed by atoms with Crippen LogP contribution in [0.2, 0.25) is 0 Å². The lowest BCUT2D eigenvalue weighted by molar-refractivity contribution is -0.116. The van der Waals surface area contributed by atoms with Crippen molar-refractivity contribution in [3.63, 3.8) is 0 Å². The summed E-state index contributed by atoms with van der Waals surface area (Å²) in [6, 6.07) is 30.0. The van der Waals surface area contributed by atoms with E-state index in [0.29, 0.717) is 34.1 Å². The number of nitrogens with one attached hydrogen (secondary N) is 3. The molecule has 1 unspecified atom stereocenters. The molecule has 0 aliphatic rings. The average molecular weight is 679 g/mol. The van der Waals surface area contributed by atoms with Crippen molar-refractivity contribution in [1.29, 1.82) is 0 Å². The van der Waals surface area contributed by atoms with Crippen molar-refractivity contribution < 1.29 is 24.2 Å². The van der Waals surface area contributed by atoms with Gasteiger partial charge in [-0.15, -0.1) is 23.1 Å². The van der Waals surface area contributed by atoms with Crippen LogP contribution in [-0.4, -0.2) is 40.2 Å². The van der Waals surface area contributed by atoms with E-state index in [9.17, 15) is 19.5 Å². The zero-order chi connectivity index (χ0) is 34.0. The number of amides is 3. The zero-order valence-electron chi connectivity index (χ0n) is 26.5. The standard InChI is InChI=1S/C37H34N4O5S2/c1-4-32(36(45)41-37-40-33(23(2)47-37)24-12-7-5-8-13-24)48-29-17-11-16-27(21-29)38-35(44)30(39-34(43)25-14-9-6-10-15-25)20-26-18-19-28(42)22-31(26)46-3/h5-22,32,42H,4H2,1-3H3,(H,38,44)(H,39,43)(H,40,41,45)/b30-20+. The maximum atomic E-state index is 13.6. The molecule has 0 radical (unpaired) electrons. The fourth-order valence-corrected chi connectivity index (χ4v) is 6.60. The number of phenolic OH excluding ortho intramolecular Hbond substituents is 1. The summed E-state index contributed by atoms with van der Waals surface area (Å²) in [5, 5.41) is 18.6. The molecular weight excluding hydrogens is 645 g/mol. The summed E-state index contributed by atoms with van der Waals surface area (Å²) in [5.74, 6) is -0.894. The van der Waals surface area contributed by atoms with Gasteiger partial charge in [-0.25, -0.2) is 4.98 Å². The third kappa shape index (κ3) is 8.69. The Morgan fingerprint density at radius 2 is 1.67 bits per heavy atom. The second-order valence-electron chi connectivity index (χ2n) is 10.6. The lowest BCUT2D eigenvalue weighted by atomic mass is 10.1. The minimum absolute atomic E-state index is 0.00426. The minimum atomic E-state index is -0.574. The van der Waals surface area contributed by atoms with Crippen LogP contribution in [0.3, 0.4) is 0 Å². The Hall–Kier alpha value is -5.39. The van der Waals surface area contributed by atoms with Gasteiger partial charge in [-0.05, 0) is 61.9 Å².